The van der Waals surface area contributed by atoms with Crippen LogP contribution in [-0.2, 0) is 9.59 Å². The second-order valence-electron chi connectivity index (χ2n) is 3.69. The SMILES string of the molecule is CC(=O)Nc1oc(-c2cccs2)c(O)c1OC(C)=O. The molecule has 0 radical (unpaired) electrons. The zero-order valence-corrected chi connectivity index (χ0v) is 11.0. The van der Waals surface area contributed by atoms with E-state index in [0.717, 1.165) is 0 Å². The average Bonchev–Trinajstić information content (AvgIpc) is 2.90. The summed E-state index contributed by atoms with van der Waals surface area (Å²) in [6.07, 6.45) is 0. The molecule has 2 aromatic rings. The predicted octanol–water partition coefficient (Wildman–Crippen LogP) is 2.60. The lowest BCUT2D eigenvalue weighted by Crippen LogP contribution is -2.08. The molecule has 7 heteroatoms. The van der Waals surface area contributed by atoms with Crippen molar-refractivity contribution >= 4 is 29.1 Å². The predicted molar refractivity (Wildman–Crippen MR) is 69.3 cm³/mol. The Morgan fingerprint density at radius 3 is 2.68 bits per heavy atom. The highest BCUT2D eigenvalue weighted by Gasteiger charge is 2.25. The van der Waals surface area contributed by atoms with Crippen molar-refractivity contribution in [2.24, 2.45) is 0 Å². The van der Waals surface area contributed by atoms with Gasteiger partial charge in [-0.05, 0) is 11.4 Å². The minimum atomic E-state index is -0.625. The number of aromatic hydroxyl groups is 1. The van der Waals surface area contributed by atoms with Gasteiger partial charge in [-0.15, -0.1) is 11.3 Å². The van der Waals surface area contributed by atoms with Crippen molar-refractivity contribution in [3.63, 3.8) is 0 Å². The van der Waals surface area contributed by atoms with Gasteiger partial charge >= 0.3 is 5.97 Å². The van der Waals surface area contributed by atoms with Crippen LogP contribution in [0.15, 0.2) is 21.9 Å². The molecule has 2 heterocycles. The maximum atomic E-state index is 11.1. The first-order chi connectivity index (χ1) is 8.99. The number of ether oxygens (including phenoxy) is 1. The van der Waals surface area contributed by atoms with E-state index in [9.17, 15) is 14.7 Å². The van der Waals surface area contributed by atoms with Crippen LogP contribution in [0.4, 0.5) is 5.88 Å². The summed E-state index contributed by atoms with van der Waals surface area (Å²) in [7, 11) is 0. The Hall–Kier alpha value is -2.28. The van der Waals surface area contributed by atoms with Crippen LogP contribution in [0, 0.1) is 0 Å². The number of nitrogens with one attached hydrogen (secondary N) is 1. The van der Waals surface area contributed by atoms with Crippen molar-refractivity contribution in [1.82, 2.24) is 0 Å². The average molecular weight is 281 g/mol. The van der Waals surface area contributed by atoms with E-state index in [4.69, 9.17) is 9.15 Å². The molecule has 0 aliphatic rings. The fourth-order valence-electron chi connectivity index (χ4n) is 1.46. The molecule has 6 nitrogen and oxygen atoms in total. The van der Waals surface area contributed by atoms with Gasteiger partial charge in [0, 0.05) is 13.8 Å². The van der Waals surface area contributed by atoms with Crippen molar-refractivity contribution in [2.75, 3.05) is 5.32 Å². The van der Waals surface area contributed by atoms with Gasteiger partial charge in [0.15, 0.2) is 5.76 Å². The van der Waals surface area contributed by atoms with E-state index < -0.39 is 11.9 Å². The van der Waals surface area contributed by atoms with E-state index in [-0.39, 0.29) is 23.1 Å². The molecule has 2 aromatic heterocycles. The minimum Gasteiger partial charge on any atom is -0.501 e. The van der Waals surface area contributed by atoms with Crippen molar-refractivity contribution in [1.29, 1.82) is 0 Å². The van der Waals surface area contributed by atoms with Crippen LogP contribution in [0.5, 0.6) is 11.5 Å². The number of carbonyl (C=O) groups excluding carboxylic acids is 2. The third-order valence-electron chi connectivity index (χ3n) is 2.12. The Morgan fingerprint density at radius 1 is 1.42 bits per heavy atom. The number of carbonyl (C=O) groups is 2. The Labute approximate surface area is 112 Å². The number of anilines is 1. The van der Waals surface area contributed by atoms with Gasteiger partial charge in [-0.2, -0.15) is 0 Å². The molecule has 0 aromatic carbocycles. The third-order valence-corrected chi connectivity index (χ3v) is 2.99. The van der Waals surface area contributed by atoms with Gasteiger partial charge < -0.3 is 14.3 Å². The number of amides is 1. The van der Waals surface area contributed by atoms with Crippen LogP contribution >= 0.6 is 11.3 Å². The second kappa shape index (κ2) is 5.15. The summed E-state index contributed by atoms with van der Waals surface area (Å²) in [5, 5.41) is 14.2. The van der Waals surface area contributed by atoms with Crippen LogP contribution < -0.4 is 10.1 Å². The van der Waals surface area contributed by atoms with Crippen LogP contribution in [0.3, 0.4) is 0 Å². The third kappa shape index (κ3) is 2.76. The van der Waals surface area contributed by atoms with Gasteiger partial charge in [0.05, 0.1) is 4.88 Å². The summed E-state index contributed by atoms with van der Waals surface area (Å²) in [6, 6.07) is 3.52. The van der Waals surface area contributed by atoms with Crippen molar-refractivity contribution in [2.45, 2.75) is 13.8 Å². The van der Waals surface area contributed by atoms with Crippen molar-refractivity contribution < 1.29 is 23.8 Å². The topological polar surface area (TPSA) is 88.8 Å². The first-order valence-electron chi connectivity index (χ1n) is 5.34. The fraction of sp³-hybridized carbons (Fsp3) is 0.167. The summed E-state index contributed by atoms with van der Waals surface area (Å²) in [4.78, 5) is 22.7. The number of furan rings is 1. The van der Waals surface area contributed by atoms with Gasteiger partial charge in [0.2, 0.25) is 23.3 Å². The maximum absolute atomic E-state index is 11.1. The summed E-state index contributed by atoms with van der Waals surface area (Å²) < 4.78 is 10.2. The lowest BCUT2D eigenvalue weighted by atomic mass is 10.3. The highest BCUT2D eigenvalue weighted by Crippen LogP contribution is 2.47. The van der Waals surface area contributed by atoms with Crippen molar-refractivity contribution in [3.8, 4) is 22.1 Å². The standard InChI is InChI=1S/C12H11NO5S/c1-6(14)13-12-11(17-7(2)15)9(16)10(18-12)8-4-3-5-19-8/h3-5,16H,1-2H3,(H,13,14). The van der Waals surface area contributed by atoms with Gasteiger partial charge in [-0.25, -0.2) is 0 Å². The molecule has 0 aliphatic heterocycles. The molecular formula is C12H11NO5S. The molecule has 0 bridgehead atoms. The zero-order valence-electron chi connectivity index (χ0n) is 10.2. The van der Waals surface area contributed by atoms with E-state index in [0.29, 0.717) is 4.88 Å². The minimum absolute atomic E-state index is 0.0939. The summed E-state index contributed by atoms with van der Waals surface area (Å²) in [5.41, 5.74) is 0. The Bertz CT molecular complexity index is 614. The molecule has 0 saturated carbocycles. The van der Waals surface area contributed by atoms with Crippen LogP contribution in [0.1, 0.15) is 13.8 Å². The molecule has 0 atom stereocenters. The van der Waals surface area contributed by atoms with Crippen molar-refractivity contribution in [3.05, 3.63) is 17.5 Å². The van der Waals surface area contributed by atoms with Crippen LogP contribution in [-0.4, -0.2) is 17.0 Å². The number of rotatable bonds is 3. The molecule has 1 amide bonds. The molecule has 0 saturated heterocycles. The summed E-state index contributed by atoms with van der Waals surface area (Å²) >= 11 is 1.34. The number of esters is 1. The quantitative estimate of drug-likeness (QED) is 0.844. The van der Waals surface area contributed by atoms with Gasteiger partial charge in [-0.1, -0.05) is 6.07 Å². The molecule has 2 N–H and O–H groups in total. The molecular weight excluding hydrogens is 270 g/mol. The van der Waals surface area contributed by atoms with Gasteiger partial charge in [-0.3, -0.25) is 14.9 Å². The molecule has 100 valence electrons. The zero-order chi connectivity index (χ0) is 14.0. The van der Waals surface area contributed by atoms with Gasteiger partial charge in [0.1, 0.15) is 0 Å². The van der Waals surface area contributed by atoms with Crippen LogP contribution in [0.2, 0.25) is 0 Å². The Morgan fingerprint density at radius 2 is 2.16 bits per heavy atom. The number of hydrogen-bond donors (Lipinski definition) is 2. The molecule has 0 fully saturated rings. The fourth-order valence-corrected chi connectivity index (χ4v) is 2.17. The molecule has 0 aliphatic carbocycles. The van der Waals surface area contributed by atoms with Crippen LogP contribution in [0.25, 0.3) is 10.6 Å². The maximum Gasteiger partial charge on any atom is 0.308 e. The smallest absolute Gasteiger partial charge is 0.308 e. The summed E-state index contributed by atoms with van der Waals surface area (Å²) in [6.45, 7) is 2.47. The Kier molecular flexibility index (Phi) is 3.57. The van der Waals surface area contributed by atoms with E-state index in [1.165, 1.54) is 25.2 Å². The second-order valence-corrected chi connectivity index (χ2v) is 4.64. The normalized spacial score (nSPS) is 10.2. The van der Waals surface area contributed by atoms with E-state index in [2.05, 4.69) is 5.32 Å². The highest BCUT2D eigenvalue weighted by atomic mass is 32.1. The molecule has 0 unspecified atom stereocenters. The Balaban J connectivity index is 2.49. The number of hydrogen-bond acceptors (Lipinski definition) is 6. The van der Waals surface area contributed by atoms with E-state index in [1.54, 1.807) is 17.5 Å². The van der Waals surface area contributed by atoms with E-state index in [1.807, 2.05) is 0 Å². The lowest BCUT2D eigenvalue weighted by molar-refractivity contribution is -0.132. The number of thiophene rings is 1. The first kappa shape index (κ1) is 13.2. The largest absolute Gasteiger partial charge is 0.501 e. The molecule has 0 spiro atoms. The van der Waals surface area contributed by atoms with E-state index >= 15 is 0 Å². The summed E-state index contributed by atoms with van der Waals surface area (Å²) in [5.74, 6) is -1.48. The van der Waals surface area contributed by atoms with Gasteiger partial charge in [0.25, 0.3) is 0 Å². The monoisotopic (exact) mass is 281 g/mol. The molecule has 2 rings (SSSR count). The lowest BCUT2D eigenvalue weighted by Gasteiger charge is -2.01. The highest BCUT2D eigenvalue weighted by molar-refractivity contribution is 7.13. The molecule has 19 heavy (non-hydrogen) atoms. The first-order valence-corrected chi connectivity index (χ1v) is 6.22.